The van der Waals surface area contributed by atoms with Gasteiger partial charge in [0.05, 0.1) is 35.1 Å². The quantitative estimate of drug-likeness (QED) is 0.481. The van der Waals surface area contributed by atoms with Crippen molar-refractivity contribution in [2.24, 2.45) is 17.3 Å². The molecule has 0 N–H and O–H groups in total. The van der Waals surface area contributed by atoms with E-state index in [1.807, 2.05) is 3.11 Å². The van der Waals surface area contributed by atoms with Gasteiger partial charge in [-0.1, -0.05) is 34.6 Å². The van der Waals surface area contributed by atoms with Crippen molar-refractivity contribution in [3.63, 3.8) is 0 Å². The van der Waals surface area contributed by atoms with Crippen LogP contribution in [0.25, 0.3) is 0 Å². The molecular formula is C16H32INO2. The van der Waals surface area contributed by atoms with Crippen LogP contribution in [0.4, 0.5) is 0 Å². The maximum Gasteiger partial charge on any atom is 0.231 e. The molecule has 0 fully saturated rings. The second kappa shape index (κ2) is 7.97. The predicted octanol–water partition coefficient (Wildman–Crippen LogP) is 4.69. The summed E-state index contributed by atoms with van der Waals surface area (Å²) in [7, 11) is 0. The van der Waals surface area contributed by atoms with E-state index in [0.717, 1.165) is 13.2 Å². The largest absolute Gasteiger partial charge is 0.376 e. The molecule has 0 bridgehead atoms. The molecule has 0 saturated carbocycles. The maximum atomic E-state index is 12.1. The molecule has 120 valence electrons. The number of hydrogen-bond acceptors (Lipinski definition) is 2. The third-order valence-electron chi connectivity index (χ3n) is 3.15. The maximum absolute atomic E-state index is 12.1. The normalized spacial score (nSPS) is 15.8. The molecule has 0 aromatic heterocycles. The van der Waals surface area contributed by atoms with E-state index in [4.69, 9.17) is 4.74 Å². The summed E-state index contributed by atoms with van der Waals surface area (Å²) in [6, 6.07) is 0. The highest BCUT2D eigenvalue weighted by atomic mass is 127. The van der Waals surface area contributed by atoms with Gasteiger partial charge < -0.3 is 4.74 Å². The minimum Gasteiger partial charge on any atom is -0.376 e. The zero-order valence-corrected chi connectivity index (χ0v) is 16.6. The van der Waals surface area contributed by atoms with Crippen molar-refractivity contribution in [1.29, 1.82) is 0 Å². The Kier molecular flexibility index (Phi) is 8.03. The molecule has 20 heavy (non-hydrogen) atoms. The lowest BCUT2D eigenvalue weighted by Crippen LogP contribution is -2.33. The molecule has 0 radical (unpaired) electrons. The lowest BCUT2D eigenvalue weighted by atomic mass is 9.91. The van der Waals surface area contributed by atoms with E-state index >= 15 is 0 Å². The Labute approximate surface area is 139 Å². The van der Waals surface area contributed by atoms with Gasteiger partial charge in [0, 0.05) is 13.0 Å². The SMILES string of the molecule is CC(COC(C)(C)C)C(C)CN(I)C(=O)CC(C)(C)C. The number of rotatable bonds is 6. The van der Waals surface area contributed by atoms with Crippen LogP contribution in [0, 0.1) is 17.3 Å². The lowest BCUT2D eigenvalue weighted by molar-refractivity contribution is -0.127. The van der Waals surface area contributed by atoms with Gasteiger partial charge in [-0.2, -0.15) is 0 Å². The molecule has 1 amide bonds. The van der Waals surface area contributed by atoms with Crippen molar-refractivity contribution < 1.29 is 9.53 Å². The summed E-state index contributed by atoms with van der Waals surface area (Å²) in [5, 5.41) is 0. The van der Waals surface area contributed by atoms with Crippen molar-refractivity contribution in [2.75, 3.05) is 13.2 Å². The minimum absolute atomic E-state index is 0.0463. The van der Waals surface area contributed by atoms with Crippen LogP contribution in [-0.4, -0.2) is 27.8 Å². The monoisotopic (exact) mass is 397 g/mol. The molecule has 2 atom stereocenters. The van der Waals surface area contributed by atoms with E-state index in [1.54, 1.807) is 0 Å². The Balaban J connectivity index is 4.24. The van der Waals surface area contributed by atoms with E-state index in [2.05, 4.69) is 78.3 Å². The van der Waals surface area contributed by atoms with Crippen LogP contribution < -0.4 is 0 Å². The van der Waals surface area contributed by atoms with Crippen LogP contribution >= 0.6 is 22.9 Å². The van der Waals surface area contributed by atoms with Gasteiger partial charge in [-0.3, -0.25) is 7.91 Å². The molecule has 4 heteroatoms. The molecule has 0 aromatic carbocycles. The fraction of sp³-hybridized carbons (Fsp3) is 0.938. The fourth-order valence-corrected chi connectivity index (χ4v) is 2.41. The first-order valence-corrected chi connectivity index (χ1v) is 8.38. The molecule has 0 aliphatic heterocycles. The second-order valence-corrected chi connectivity index (χ2v) is 9.22. The van der Waals surface area contributed by atoms with Gasteiger partial charge in [0.1, 0.15) is 0 Å². The highest BCUT2D eigenvalue weighted by molar-refractivity contribution is 14.1. The first-order chi connectivity index (χ1) is 8.82. The van der Waals surface area contributed by atoms with Crippen LogP contribution in [-0.2, 0) is 9.53 Å². The number of hydrogen-bond donors (Lipinski definition) is 0. The first-order valence-electron chi connectivity index (χ1n) is 7.42. The number of ether oxygens (including phenoxy) is 1. The van der Waals surface area contributed by atoms with Crippen LogP contribution in [0.3, 0.4) is 0 Å². The summed E-state index contributed by atoms with van der Waals surface area (Å²) >= 11 is 2.14. The summed E-state index contributed by atoms with van der Waals surface area (Å²) in [6.07, 6.45) is 0.593. The van der Waals surface area contributed by atoms with Crippen molar-refractivity contribution >= 4 is 28.8 Å². The first kappa shape index (κ1) is 20.2. The number of nitrogens with zero attached hydrogens (tertiary/aromatic N) is 1. The zero-order valence-electron chi connectivity index (χ0n) is 14.4. The van der Waals surface area contributed by atoms with E-state index in [1.165, 1.54) is 0 Å². The number of carbonyl (C=O) groups excluding carboxylic acids is 1. The number of halogens is 1. The van der Waals surface area contributed by atoms with Crippen LogP contribution in [0.5, 0.6) is 0 Å². The van der Waals surface area contributed by atoms with Gasteiger partial charge in [0.25, 0.3) is 0 Å². The Hall–Kier alpha value is 0.160. The molecule has 0 heterocycles. The average molecular weight is 397 g/mol. The van der Waals surface area contributed by atoms with Crippen molar-refractivity contribution in [3.05, 3.63) is 0 Å². The minimum atomic E-state index is -0.0972. The van der Waals surface area contributed by atoms with Gasteiger partial charge >= 0.3 is 0 Å². The lowest BCUT2D eigenvalue weighted by Gasteiger charge is -2.29. The number of amides is 1. The summed E-state index contributed by atoms with van der Waals surface area (Å²) in [4.78, 5) is 12.1. The van der Waals surface area contributed by atoms with Gasteiger partial charge in [0.15, 0.2) is 0 Å². The Bertz CT molecular complexity index is 305. The highest BCUT2D eigenvalue weighted by Gasteiger charge is 2.23. The molecule has 3 nitrogen and oxygen atoms in total. The van der Waals surface area contributed by atoms with Gasteiger partial charge in [-0.15, -0.1) is 0 Å². The van der Waals surface area contributed by atoms with Gasteiger partial charge in [-0.05, 0) is 38.0 Å². The molecule has 2 unspecified atom stereocenters. The second-order valence-electron chi connectivity index (χ2n) is 8.05. The predicted molar refractivity (Wildman–Crippen MR) is 93.8 cm³/mol. The third kappa shape index (κ3) is 9.97. The standard InChI is InChI=1S/C16H32INO2/c1-12(13(2)11-20-16(6,7)8)10-18(17)14(19)9-15(3,4)5/h12-13H,9-11H2,1-8H3. The fourth-order valence-electron chi connectivity index (χ4n) is 1.62. The van der Waals surface area contributed by atoms with E-state index < -0.39 is 0 Å². The van der Waals surface area contributed by atoms with Crippen LogP contribution in [0.2, 0.25) is 0 Å². The van der Waals surface area contributed by atoms with Gasteiger partial charge in [0.2, 0.25) is 5.91 Å². The molecule has 0 spiro atoms. The molecule has 0 rings (SSSR count). The van der Waals surface area contributed by atoms with Crippen molar-refractivity contribution in [1.82, 2.24) is 3.11 Å². The Morgan fingerprint density at radius 3 is 2.00 bits per heavy atom. The molecular weight excluding hydrogens is 365 g/mol. The van der Waals surface area contributed by atoms with Gasteiger partial charge in [-0.25, -0.2) is 0 Å². The molecule has 0 saturated heterocycles. The molecule has 0 aromatic rings. The van der Waals surface area contributed by atoms with E-state index in [9.17, 15) is 4.79 Å². The van der Waals surface area contributed by atoms with Crippen LogP contribution in [0.15, 0.2) is 0 Å². The topological polar surface area (TPSA) is 29.5 Å². The summed E-state index contributed by atoms with van der Waals surface area (Å²) in [5.74, 6) is 1.08. The van der Waals surface area contributed by atoms with Crippen molar-refractivity contribution in [2.45, 2.75) is 67.4 Å². The van der Waals surface area contributed by atoms with Crippen LogP contribution in [0.1, 0.15) is 61.8 Å². The molecule has 0 aliphatic rings. The summed E-state index contributed by atoms with van der Waals surface area (Å²) in [5.41, 5.74) is -0.0508. The third-order valence-corrected chi connectivity index (χ3v) is 4.08. The summed E-state index contributed by atoms with van der Waals surface area (Å²) in [6.45, 7) is 18.4. The highest BCUT2D eigenvalue weighted by Crippen LogP contribution is 2.23. The Morgan fingerprint density at radius 2 is 1.60 bits per heavy atom. The summed E-state index contributed by atoms with van der Waals surface area (Å²) < 4.78 is 7.66. The smallest absolute Gasteiger partial charge is 0.231 e. The van der Waals surface area contributed by atoms with E-state index in [-0.39, 0.29) is 16.9 Å². The zero-order chi connectivity index (χ0) is 16.1. The number of carbonyl (C=O) groups is 1. The Morgan fingerprint density at radius 1 is 1.10 bits per heavy atom. The van der Waals surface area contributed by atoms with E-state index in [0.29, 0.717) is 18.3 Å². The molecule has 0 aliphatic carbocycles. The average Bonchev–Trinajstić information content (AvgIpc) is 2.22. The van der Waals surface area contributed by atoms with Crippen molar-refractivity contribution in [3.8, 4) is 0 Å².